The summed E-state index contributed by atoms with van der Waals surface area (Å²) in [5, 5.41) is 0.236. The minimum Gasteiger partial charge on any atom is -0.215 e. The average molecular weight is 240 g/mol. The van der Waals surface area contributed by atoms with E-state index < -0.39 is 10.0 Å². The maximum absolute atomic E-state index is 11.2. The Morgan fingerprint density at radius 3 is 2.71 bits per heavy atom. The first-order valence-electron chi connectivity index (χ1n) is 5.15. The SMILES string of the molecule is CCS(=O)(=O)NCC1CCCC(Cl)C1. The van der Waals surface area contributed by atoms with E-state index in [0.717, 1.165) is 25.7 Å². The lowest BCUT2D eigenvalue weighted by atomic mass is 9.89. The highest BCUT2D eigenvalue weighted by Gasteiger charge is 2.21. The molecular weight excluding hydrogens is 222 g/mol. The van der Waals surface area contributed by atoms with Crippen LogP contribution >= 0.6 is 11.6 Å². The molecule has 0 aromatic carbocycles. The van der Waals surface area contributed by atoms with Gasteiger partial charge in [-0.2, -0.15) is 0 Å². The van der Waals surface area contributed by atoms with Gasteiger partial charge in [-0.1, -0.05) is 6.42 Å². The molecular formula is C9H18ClNO2S. The summed E-state index contributed by atoms with van der Waals surface area (Å²) in [6.07, 6.45) is 4.22. The zero-order chi connectivity index (χ0) is 10.6. The lowest BCUT2D eigenvalue weighted by Crippen LogP contribution is -2.32. The van der Waals surface area contributed by atoms with Gasteiger partial charge in [-0.25, -0.2) is 13.1 Å². The molecule has 0 spiro atoms. The number of alkyl halides is 1. The summed E-state index contributed by atoms with van der Waals surface area (Å²) in [6, 6.07) is 0. The van der Waals surface area contributed by atoms with E-state index in [1.165, 1.54) is 0 Å². The van der Waals surface area contributed by atoms with Crippen molar-refractivity contribution in [3.63, 3.8) is 0 Å². The lowest BCUT2D eigenvalue weighted by Gasteiger charge is -2.25. The molecule has 1 fully saturated rings. The van der Waals surface area contributed by atoms with Gasteiger partial charge in [0.05, 0.1) is 5.75 Å². The Kier molecular flexibility index (Phi) is 4.67. The van der Waals surface area contributed by atoms with Crippen molar-refractivity contribution in [2.75, 3.05) is 12.3 Å². The summed E-state index contributed by atoms with van der Waals surface area (Å²) in [7, 11) is -3.03. The van der Waals surface area contributed by atoms with Crippen LogP contribution in [0, 0.1) is 5.92 Å². The van der Waals surface area contributed by atoms with Crippen molar-refractivity contribution in [1.29, 1.82) is 0 Å². The number of halogens is 1. The number of hydrogen-bond donors (Lipinski definition) is 1. The van der Waals surface area contributed by atoms with E-state index in [0.29, 0.717) is 12.5 Å². The van der Waals surface area contributed by atoms with Crippen molar-refractivity contribution < 1.29 is 8.42 Å². The van der Waals surface area contributed by atoms with E-state index in [1.807, 2.05) is 0 Å². The Morgan fingerprint density at radius 2 is 2.14 bits per heavy atom. The topological polar surface area (TPSA) is 46.2 Å². The smallest absolute Gasteiger partial charge is 0.211 e. The van der Waals surface area contributed by atoms with E-state index in [-0.39, 0.29) is 11.1 Å². The molecule has 84 valence electrons. The van der Waals surface area contributed by atoms with Crippen LogP contribution in [0.15, 0.2) is 0 Å². The van der Waals surface area contributed by atoms with Gasteiger partial charge in [-0.3, -0.25) is 0 Å². The standard InChI is InChI=1S/C9H18ClNO2S/c1-2-14(12,13)11-7-8-4-3-5-9(10)6-8/h8-9,11H,2-7H2,1H3. The van der Waals surface area contributed by atoms with Gasteiger partial charge < -0.3 is 0 Å². The molecule has 0 aromatic rings. The highest BCUT2D eigenvalue weighted by molar-refractivity contribution is 7.89. The number of sulfonamides is 1. The third kappa shape index (κ3) is 4.15. The molecule has 1 saturated carbocycles. The maximum atomic E-state index is 11.2. The highest BCUT2D eigenvalue weighted by Crippen LogP contribution is 2.27. The van der Waals surface area contributed by atoms with E-state index >= 15 is 0 Å². The van der Waals surface area contributed by atoms with E-state index in [9.17, 15) is 8.42 Å². The molecule has 0 amide bonds. The van der Waals surface area contributed by atoms with Crippen molar-refractivity contribution in [2.24, 2.45) is 5.92 Å². The number of rotatable bonds is 4. The Bertz CT molecular complexity index is 266. The maximum Gasteiger partial charge on any atom is 0.211 e. The Balaban J connectivity index is 2.31. The van der Waals surface area contributed by atoms with Crippen molar-refractivity contribution in [2.45, 2.75) is 38.0 Å². The Hall–Kier alpha value is 0.200. The van der Waals surface area contributed by atoms with Crippen LogP contribution in [-0.4, -0.2) is 26.1 Å². The van der Waals surface area contributed by atoms with Gasteiger partial charge in [0, 0.05) is 11.9 Å². The van der Waals surface area contributed by atoms with Crippen LogP contribution in [0.1, 0.15) is 32.6 Å². The molecule has 5 heteroatoms. The van der Waals surface area contributed by atoms with Gasteiger partial charge in [0.2, 0.25) is 10.0 Å². The van der Waals surface area contributed by atoms with Crippen molar-refractivity contribution >= 4 is 21.6 Å². The van der Waals surface area contributed by atoms with Gasteiger partial charge in [0.1, 0.15) is 0 Å². The molecule has 2 atom stereocenters. The molecule has 0 aromatic heterocycles. The van der Waals surface area contributed by atoms with Crippen LogP contribution in [0.25, 0.3) is 0 Å². The van der Waals surface area contributed by atoms with Crippen molar-refractivity contribution in [1.82, 2.24) is 4.72 Å². The van der Waals surface area contributed by atoms with Gasteiger partial charge in [-0.05, 0) is 32.1 Å². The minimum atomic E-state index is -3.03. The zero-order valence-electron chi connectivity index (χ0n) is 8.50. The van der Waals surface area contributed by atoms with Crippen molar-refractivity contribution in [3.8, 4) is 0 Å². The van der Waals surface area contributed by atoms with Crippen LogP contribution in [0.2, 0.25) is 0 Å². The third-order valence-corrected chi connectivity index (χ3v) is 4.45. The molecule has 0 bridgehead atoms. The lowest BCUT2D eigenvalue weighted by molar-refractivity contribution is 0.362. The predicted octanol–water partition coefficient (Wildman–Crippen LogP) is 1.72. The second-order valence-electron chi connectivity index (χ2n) is 3.88. The minimum absolute atomic E-state index is 0.157. The third-order valence-electron chi connectivity index (χ3n) is 2.69. The fourth-order valence-electron chi connectivity index (χ4n) is 1.76. The summed E-state index contributed by atoms with van der Waals surface area (Å²) in [5.41, 5.74) is 0. The van der Waals surface area contributed by atoms with Crippen molar-refractivity contribution in [3.05, 3.63) is 0 Å². The molecule has 0 radical (unpaired) electrons. The second-order valence-corrected chi connectivity index (χ2v) is 6.59. The molecule has 2 unspecified atom stereocenters. The molecule has 1 N–H and O–H groups in total. The number of nitrogens with one attached hydrogen (secondary N) is 1. The molecule has 3 nitrogen and oxygen atoms in total. The first-order valence-corrected chi connectivity index (χ1v) is 7.23. The van der Waals surface area contributed by atoms with Gasteiger partial charge in [-0.15, -0.1) is 11.6 Å². The van der Waals surface area contributed by atoms with Crippen LogP contribution in [-0.2, 0) is 10.0 Å². The molecule has 1 aliphatic rings. The molecule has 0 aliphatic heterocycles. The van der Waals surface area contributed by atoms with Gasteiger partial charge >= 0.3 is 0 Å². The summed E-state index contributed by atoms with van der Waals surface area (Å²) in [4.78, 5) is 0. The van der Waals surface area contributed by atoms with Crippen LogP contribution in [0.3, 0.4) is 0 Å². The Morgan fingerprint density at radius 1 is 1.43 bits per heavy atom. The summed E-state index contributed by atoms with van der Waals surface area (Å²) in [5.74, 6) is 0.580. The second kappa shape index (κ2) is 5.33. The summed E-state index contributed by atoms with van der Waals surface area (Å²) >= 11 is 6.02. The fourth-order valence-corrected chi connectivity index (χ4v) is 2.86. The molecule has 14 heavy (non-hydrogen) atoms. The van der Waals surface area contributed by atoms with Crippen LogP contribution < -0.4 is 4.72 Å². The predicted molar refractivity (Wildman–Crippen MR) is 59.1 cm³/mol. The fraction of sp³-hybridized carbons (Fsp3) is 1.00. The summed E-state index contributed by atoms with van der Waals surface area (Å²) in [6.45, 7) is 2.20. The van der Waals surface area contributed by atoms with E-state index in [4.69, 9.17) is 11.6 Å². The van der Waals surface area contributed by atoms with Gasteiger partial charge in [0.15, 0.2) is 0 Å². The Labute approximate surface area is 91.3 Å². The number of hydrogen-bond acceptors (Lipinski definition) is 2. The van der Waals surface area contributed by atoms with E-state index in [1.54, 1.807) is 6.92 Å². The van der Waals surface area contributed by atoms with Crippen LogP contribution in [0.4, 0.5) is 0 Å². The first kappa shape index (κ1) is 12.3. The monoisotopic (exact) mass is 239 g/mol. The van der Waals surface area contributed by atoms with Gasteiger partial charge in [0.25, 0.3) is 0 Å². The van der Waals surface area contributed by atoms with Crippen LogP contribution in [0.5, 0.6) is 0 Å². The molecule has 1 rings (SSSR count). The average Bonchev–Trinajstić information content (AvgIpc) is 2.15. The van der Waals surface area contributed by atoms with E-state index in [2.05, 4.69) is 4.72 Å². The molecule has 0 saturated heterocycles. The molecule has 1 aliphatic carbocycles. The quantitative estimate of drug-likeness (QED) is 0.760. The highest BCUT2D eigenvalue weighted by atomic mass is 35.5. The zero-order valence-corrected chi connectivity index (χ0v) is 10.1. The normalized spacial score (nSPS) is 29.0. The summed E-state index contributed by atoms with van der Waals surface area (Å²) < 4.78 is 25.0. The first-order chi connectivity index (χ1) is 6.53. The molecule has 0 heterocycles. The largest absolute Gasteiger partial charge is 0.215 e.